The summed E-state index contributed by atoms with van der Waals surface area (Å²) in [5.41, 5.74) is -1.55. The van der Waals surface area contributed by atoms with Gasteiger partial charge in [0.15, 0.2) is 0 Å². The van der Waals surface area contributed by atoms with E-state index in [1.807, 2.05) is 24.3 Å². The number of carbonyl (C=O) groups is 5. The minimum Gasteiger partial charge on any atom is -0.444 e. The van der Waals surface area contributed by atoms with Gasteiger partial charge in [-0.2, -0.15) is 0 Å². The third-order valence-corrected chi connectivity index (χ3v) is 11.1. The summed E-state index contributed by atoms with van der Waals surface area (Å²) in [7, 11) is -3.91. The molecule has 1 unspecified atom stereocenters. The lowest BCUT2D eigenvalue weighted by Gasteiger charge is -2.36. The molecule has 0 spiro atoms. The number of nitrogens with one attached hydrogen (secondary N) is 3. The van der Waals surface area contributed by atoms with E-state index in [9.17, 15) is 32.4 Å². The minimum atomic E-state index is -3.91. The van der Waals surface area contributed by atoms with Crippen LogP contribution in [0.3, 0.4) is 0 Å². The SMILES string of the molecule is C=CC1C[C@]1(NC(=O)[C@@H]1C[C@@H](OC(=O)N2CCc3ccccc32)CN1C(=O)[C@@H](NC(=O)OC(C)(C)C)C(C)(C)C)C(=O)NS(=O)(=O)C1CC1. The standard InChI is InChI=1S/C34H47N5O9S/c1-8-21-18-34(21,29(42)37-49(45,46)23-13-14-23)36-27(40)25-17-22(47-31(44)38-16-15-20-11-9-10-12-24(20)38)19-39(25)28(41)26(32(2,3)4)35-30(43)48-33(5,6)7/h8-12,21-23,25-26H,1,13-19H2,2-7H3,(H,35,43)(H,36,40)(H,37,42)/t21?,22-,25+,26-,34-/m1/s1. The Morgan fingerprint density at radius 2 is 1.73 bits per heavy atom. The number of nitrogens with zero attached hydrogens (tertiary/aromatic N) is 2. The molecule has 5 atom stereocenters. The van der Waals surface area contributed by atoms with Gasteiger partial charge in [0.2, 0.25) is 21.8 Å². The first-order valence-electron chi connectivity index (χ1n) is 16.6. The van der Waals surface area contributed by atoms with E-state index in [4.69, 9.17) is 9.47 Å². The molecule has 4 aliphatic rings. The predicted molar refractivity (Wildman–Crippen MR) is 180 cm³/mol. The van der Waals surface area contributed by atoms with Crippen molar-refractivity contribution in [3.8, 4) is 0 Å². The second kappa shape index (κ2) is 13.0. The molecule has 1 aromatic carbocycles. The number of benzene rings is 1. The van der Waals surface area contributed by atoms with Crippen LogP contribution in [0.4, 0.5) is 15.3 Å². The van der Waals surface area contributed by atoms with Gasteiger partial charge in [-0.1, -0.05) is 45.0 Å². The number of carbonyl (C=O) groups excluding carboxylic acids is 5. The highest BCUT2D eigenvalue weighted by molar-refractivity contribution is 7.91. The molecule has 1 aromatic rings. The quantitative estimate of drug-likeness (QED) is 0.327. The molecule has 5 amide bonds. The number of hydrogen-bond donors (Lipinski definition) is 3. The van der Waals surface area contributed by atoms with Gasteiger partial charge in [0.05, 0.1) is 17.5 Å². The first kappa shape index (κ1) is 36.1. The number of ether oxygens (including phenoxy) is 2. The minimum absolute atomic E-state index is 0.0983. The molecule has 2 aliphatic carbocycles. The van der Waals surface area contributed by atoms with Crippen molar-refractivity contribution in [1.29, 1.82) is 0 Å². The Hall–Kier alpha value is -4.14. The molecule has 2 heterocycles. The first-order valence-corrected chi connectivity index (χ1v) is 18.2. The summed E-state index contributed by atoms with van der Waals surface area (Å²) in [6, 6.07) is 5.08. The average molecular weight is 702 g/mol. The number of amides is 5. The average Bonchev–Trinajstić information content (AvgIpc) is 3.89. The summed E-state index contributed by atoms with van der Waals surface area (Å²) in [4.78, 5) is 70.8. The number of fused-ring (bicyclic) bond motifs is 1. The van der Waals surface area contributed by atoms with Crippen molar-refractivity contribution in [2.24, 2.45) is 11.3 Å². The van der Waals surface area contributed by atoms with Crippen LogP contribution in [0.2, 0.25) is 0 Å². The van der Waals surface area contributed by atoms with E-state index in [0.29, 0.717) is 25.8 Å². The number of likely N-dealkylation sites (tertiary alicyclic amines) is 1. The number of sulfonamides is 1. The number of para-hydroxylation sites is 1. The summed E-state index contributed by atoms with van der Waals surface area (Å²) in [5.74, 6) is -2.76. The van der Waals surface area contributed by atoms with E-state index in [2.05, 4.69) is 21.9 Å². The highest BCUT2D eigenvalue weighted by Gasteiger charge is 2.62. The maximum Gasteiger partial charge on any atom is 0.414 e. The van der Waals surface area contributed by atoms with Gasteiger partial charge < -0.3 is 25.0 Å². The van der Waals surface area contributed by atoms with Crippen molar-refractivity contribution in [2.45, 2.75) is 108 Å². The monoisotopic (exact) mass is 701 g/mol. The van der Waals surface area contributed by atoms with Crippen LogP contribution in [0.15, 0.2) is 36.9 Å². The van der Waals surface area contributed by atoms with Gasteiger partial charge >= 0.3 is 12.2 Å². The number of alkyl carbamates (subject to hydrolysis) is 1. The Morgan fingerprint density at radius 1 is 1.06 bits per heavy atom. The second-order valence-electron chi connectivity index (χ2n) is 15.4. The topological polar surface area (TPSA) is 181 Å². The molecule has 3 fully saturated rings. The van der Waals surface area contributed by atoms with Crippen LogP contribution in [-0.4, -0.2) is 90.9 Å². The molecule has 14 nitrogen and oxygen atoms in total. The van der Waals surface area contributed by atoms with Gasteiger partial charge in [-0.05, 0) is 63.5 Å². The Balaban J connectivity index is 1.39. The molecule has 268 valence electrons. The summed E-state index contributed by atoms with van der Waals surface area (Å²) >= 11 is 0. The Bertz CT molecular complexity index is 1650. The second-order valence-corrected chi connectivity index (χ2v) is 17.4. The van der Waals surface area contributed by atoms with Crippen LogP contribution in [0.25, 0.3) is 0 Å². The molecule has 3 N–H and O–H groups in total. The predicted octanol–water partition coefficient (Wildman–Crippen LogP) is 2.76. The van der Waals surface area contributed by atoms with Crippen molar-refractivity contribution in [2.75, 3.05) is 18.0 Å². The van der Waals surface area contributed by atoms with Crippen molar-refractivity contribution in [3.63, 3.8) is 0 Å². The van der Waals surface area contributed by atoms with E-state index in [0.717, 1.165) is 11.3 Å². The van der Waals surface area contributed by atoms with Crippen molar-refractivity contribution >= 4 is 45.6 Å². The van der Waals surface area contributed by atoms with E-state index in [-0.39, 0.29) is 19.4 Å². The zero-order valence-corrected chi connectivity index (χ0v) is 29.7. The summed E-state index contributed by atoms with van der Waals surface area (Å²) in [6.45, 7) is 14.3. The largest absolute Gasteiger partial charge is 0.444 e. The maximum atomic E-state index is 14.3. The molecular weight excluding hydrogens is 654 g/mol. The fourth-order valence-electron chi connectivity index (χ4n) is 6.37. The molecule has 1 saturated heterocycles. The zero-order valence-electron chi connectivity index (χ0n) is 28.9. The Morgan fingerprint density at radius 3 is 2.33 bits per heavy atom. The zero-order chi connectivity index (χ0) is 36.1. The maximum absolute atomic E-state index is 14.3. The molecule has 5 rings (SSSR count). The van der Waals surface area contributed by atoms with Gasteiger partial charge in [0.25, 0.3) is 5.91 Å². The van der Waals surface area contributed by atoms with Gasteiger partial charge in [-0.25, -0.2) is 18.0 Å². The van der Waals surface area contributed by atoms with Crippen LogP contribution in [-0.2, 0) is 40.3 Å². The van der Waals surface area contributed by atoms with Gasteiger partial charge in [-0.3, -0.25) is 24.0 Å². The van der Waals surface area contributed by atoms with Gasteiger partial charge in [0.1, 0.15) is 29.3 Å². The van der Waals surface area contributed by atoms with E-state index in [1.54, 1.807) is 41.5 Å². The molecule has 0 bridgehead atoms. The molecule has 2 aliphatic heterocycles. The first-order chi connectivity index (χ1) is 22.8. The molecule has 2 saturated carbocycles. The van der Waals surface area contributed by atoms with Crippen LogP contribution >= 0.6 is 0 Å². The fourth-order valence-corrected chi connectivity index (χ4v) is 7.73. The summed E-state index contributed by atoms with van der Waals surface area (Å²) in [5, 5.41) is 4.72. The number of anilines is 1. The van der Waals surface area contributed by atoms with E-state index in [1.165, 1.54) is 15.9 Å². The summed E-state index contributed by atoms with van der Waals surface area (Å²) < 4.78 is 38.6. The Labute approximate surface area is 287 Å². The number of hydrogen-bond acceptors (Lipinski definition) is 9. The third-order valence-electron chi connectivity index (χ3n) is 9.25. The van der Waals surface area contributed by atoms with Crippen molar-refractivity contribution < 1.29 is 41.9 Å². The summed E-state index contributed by atoms with van der Waals surface area (Å²) in [6.07, 6.45) is 0.680. The molecule has 15 heteroatoms. The highest BCUT2D eigenvalue weighted by Crippen LogP contribution is 2.45. The lowest BCUT2D eigenvalue weighted by atomic mass is 9.85. The smallest absolute Gasteiger partial charge is 0.414 e. The lowest BCUT2D eigenvalue weighted by molar-refractivity contribution is -0.143. The molecular formula is C34H47N5O9S. The van der Waals surface area contributed by atoms with Crippen LogP contribution in [0, 0.1) is 11.3 Å². The third kappa shape index (κ3) is 7.86. The normalized spacial score (nSPS) is 25.5. The van der Waals surface area contributed by atoms with Crippen molar-refractivity contribution in [3.05, 3.63) is 42.5 Å². The van der Waals surface area contributed by atoms with Crippen LogP contribution in [0.1, 0.15) is 72.8 Å². The van der Waals surface area contributed by atoms with E-state index < -0.39 is 85.8 Å². The Kier molecular flexibility index (Phi) is 9.56. The molecule has 0 aromatic heterocycles. The van der Waals surface area contributed by atoms with Crippen LogP contribution in [0.5, 0.6) is 0 Å². The van der Waals surface area contributed by atoms with Gasteiger partial charge in [0, 0.05) is 18.9 Å². The van der Waals surface area contributed by atoms with E-state index >= 15 is 0 Å². The number of rotatable bonds is 9. The van der Waals surface area contributed by atoms with Crippen molar-refractivity contribution in [1.82, 2.24) is 20.3 Å². The molecule has 0 radical (unpaired) electrons. The molecule has 49 heavy (non-hydrogen) atoms. The lowest BCUT2D eigenvalue weighted by Crippen LogP contribution is -2.60. The van der Waals surface area contributed by atoms with Crippen LogP contribution < -0.4 is 20.3 Å². The fraction of sp³-hybridized carbons (Fsp3) is 0.618. The highest BCUT2D eigenvalue weighted by atomic mass is 32.2. The van der Waals surface area contributed by atoms with Gasteiger partial charge in [-0.15, -0.1) is 6.58 Å².